The molecule has 2 unspecified atom stereocenters. The predicted molar refractivity (Wildman–Crippen MR) is 80.9 cm³/mol. The molecular formula is C15H20BrF3N2. The van der Waals surface area contributed by atoms with Crippen molar-refractivity contribution in [1.29, 1.82) is 0 Å². The molecule has 118 valence electrons. The lowest BCUT2D eigenvalue weighted by atomic mass is 9.96. The second-order valence-electron chi connectivity index (χ2n) is 5.63. The van der Waals surface area contributed by atoms with E-state index in [1.165, 1.54) is 0 Å². The minimum absolute atomic E-state index is 0.106. The minimum atomic E-state index is -4.08. The average Bonchev–Trinajstić information content (AvgIpc) is 2.44. The number of nitrogens with zero attached hydrogens (tertiary/aromatic N) is 1. The molecular weight excluding hydrogens is 345 g/mol. The molecule has 2 nitrogen and oxygen atoms in total. The molecule has 6 heteroatoms. The molecule has 2 atom stereocenters. The Morgan fingerprint density at radius 2 is 2.14 bits per heavy atom. The quantitative estimate of drug-likeness (QED) is 0.870. The van der Waals surface area contributed by atoms with Crippen molar-refractivity contribution in [2.45, 2.75) is 31.5 Å². The molecule has 1 aliphatic rings. The van der Waals surface area contributed by atoms with Crippen LogP contribution in [0, 0.1) is 5.92 Å². The largest absolute Gasteiger partial charge is 0.393 e. The summed E-state index contributed by atoms with van der Waals surface area (Å²) in [6.45, 7) is 1.45. The molecule has 2 rings (SSSR count). The van der Waals surface area contributed by atoms with Crippen molar-refractivity contribution in [2.24, 2.45) is 11.7 Å². The molecule has 1 aromatic rings. The topological polar surface area (TPSA) is 29.3 Å². The highest BCUT2D eigenvalue weighted by atomic mass is 79.9. The van der Waals surface area contributed by atoms with Gasteiger partial charge in [-0.25, -0.2) is 0 Å². The number of likely N-dealkylation sites (tertiary alicyclic amines) is 1. The number of rotatable bonds is 4. The van der Waals surface area contributed by atoms with Gasteiger partial charge in [-0.3, -0.25) is 0 Å². The Bertz CT molecular complexity index is 464. The second-order valence-corrected chi connectivity index (χ2v) is 6.55. The zero-order valence-electron chi connectivity index (χ0n) is 11.7. The average molecular weight is 365 g/mol. The van der Waals surface area contributed by atoms with Gasteiger partial charge in [-0.2, -0.15) is 13.2 Å². The summed E-state index contributed by atoms with van der Waals surface area (Å²) in [5.74, 6) is -1.19. The number of hydrogen-bond donors (Lipinski definition) is 1. The van der Waals surface area contributed by atoms with Gasteiger partial charge in [-0.05, 0) is 50.0 Å². The summed E-state index contributed by atoms with van der Waals surface area (Å²) < 4.78 is 39.3. The van der Waals surface area contributed by atoms with Crippen molar-refractivity contribution in [1.82, 2.24) is 4.90 Å². The van der Waals surface area contributed by atoms with E-state index in [-0.39, 0.29) is 19.0 Å². The second kappa shape index (κ2) is 7.11. The van der Waals surface area contributed by atoms with Crippen molar-refractivity contribution in [3.63, 3.8) is 0 Å². The zero-order chi connectivity index (χ0) is 15.5. The molecule has 0 bridgehead atoms. The van der Waals surface area contributed by atoms with Gasteiger partial charge < -0.3 is 10.6 Å². The first-order valence-electron chi connectivity index (χ1n) is 7.16. The number of hydrogen-bond acceptors (Lipinski definition) is 2. The molecule has 0 amide bonds. The van der Waals surface area contributed by atoms with Gasteiger partial charge in [0.2, 0.25) is 0 Å². The van der Waals surface area contributed by atoms with E-state index in [9.17, 15) is 13.2 Å². The lowest BCUT2D eigenvalue weighted by molar-refractivity contribution is -0.186. The minimum Gasteiger partial charge on any atom is -0.324 e. The van der Waals surface area contributed by atoms with E-state index in [1.807, 2.05) is 29.2 Å². The Labute approximate surface area is 131 Å². The fourth-order valence-electron chi connectivity index (χ4n) is 2.75. The number of halogens is 4. The molecule has 0 radical (unpaired) electrons. The van der Waals surface area contributed by atoms with E-state index >= 15 is 0 Å². The molecule has 0 spiro atoms. The van der Waals surface area contributed by atoms with Crippen molar-refractivity contribution in [3.05, 3.63) is 34.3 Å². The number of piperidine rings is 1. The van der Waals surface area contributed by atoms with E-state index in [0.717, 1.165) is 16.6 Å². The van der Waals surface area contributed by atoms with E-state index in [0.29, 0.717) is 19.4 Å². The molecule has 0 aromatic heterocycles. The standard InChI is InChI=1S/C15H20BrF3N2/c16-13-5-1-3-11(9-13)14(20)6-8-21-7-2-4-12(10-21)15(17,18)19/h1,3,5,9,12,14H,2,4,6-8,10,20H2. The van der Waals surface area contributed by atoms with Crippen molar-refractivity contribution in [3.8, 4) is 0 Å². The van der Waals surface area contributed by atoms with E-state index in [4.69, 9.17) is 5.73 Å². The van der Waals surface area contributed by atoms with Crippen LogP contribution in [0.4, 0.5) is 13.2 Å². The van der Waals surface area contributed by atoms with Crippen LogP contribution in [0.25, 0.3) is 0 Å². The molecule has 1 aromatic carbocycles. The van der Waals surface area contributed by atoms with Gasteiger partial charge in [0.25, 0.3) is 0 Å². The Hall–Kier alpha value is -0.590. The van der Waals surface area contributed by atoms with Crippen molar-refractivity contribution in [2.75, 3.05) is 19.6 Å². The van der Waals surface area contributed by atoms with Gasteiger partial charge in [0.15, 0.2) is 0 Å². The molecule has 1 heterocycles. The van der Waals surface area contributed by atoms with E-state index in [1.54, 1.807) is 0 Å². The van der Waals surface area contributed by atoms with Gasteiger partial charge in [-0.15, -0.1) is 0 Å². The first-order chi connectivity index (χ1) is 9.86. The molecule has 2 N–H and O–H groups in total. The molecule has 0 saturated carbocycles. The van der Waals surface area contributed by atoms with Crippen LogP contribution in [0.3, 0.4) is 0 Å². The van der Waals surface area contributed by atoms with Crippen molar-refractivity contribution < 1.29 is 13.2 Å². The third kappa shape index (κ3) is 4.97. The monoisotopic (exact) mass is 364 g/mol. The summed E-state index contributed by atoms with van der Waals surface area (Å²) in [6.07, 6.45) is -2.56. The highest BCUT2D eigenvalue weighted by molar-refractivity contribution is 9.10. The van der Waals surface area contributed by atoms with Gasteiger partial charge in [0.05, 0.1) is 5.92 Å². The third-order valence-electron chi connectivity index (χ3n) is 4.00. The fraction of sp³-hybridized carbons (Fsp3) is 0.600. The van der Waals surface area contributed by atoms with Crippen LogP contribution in [-0.2, 0) is 0 Å². The highest BCUT2D eigenvalue weighted by Crippen LogP contribution is 2.33. The van der Waals surface area contributed by atoms with Crippen LogP contribution >= 0.6 is 15.9 Å². The van der Waals surface area contributed by atoms with Crippen LogP contribution in [0.2, 0.25) is 0 Å². The maximum absolute atomic E-state index is 12.8. The van der Waals surface area contributed by atoms with Gasteiger partial charge >= 0.3 is 6.18 Å². The summed E-state index contributed by atoms with van der Waals surface area (Å²) >= 11 is 3.40. The Balaban J connectivity index is 1.85. The van der Waals surface area contributed by atoms with Gasteiger partial charge in [0.1, 0.15) is 0 Å². The number of benzene rings is 1. The summed E-state index contributed by atoms with van der Waals surface area (Å²) in [7, 11) is 0. The molecule has 21 heavy (non-hydrogen) atoms. The normalized spacial score (nSPS) is 22.2. The first-order valence-corrected chi connectivity index (χ1v) is 7.95. The number of alkyl halides is 3. The summed E-state index contributed by atoms with van der Waals surface area (Å²) in [4.78, 5) is 1.89. The molecule has 1 aliphatic heterocycles. The molecule has 1 fully saturated rings. The van der Waals surface area contributed by atoms with E-state index < -0.39 is 12.1 Å². The first kappa shape index (κ1) is 16.8. The van der Waals surface area contributed by atoms with Crippen LogP contribution in [0.1, 0.15) is 30.9 Å². The summed E-state index contributed by atoms with van der Waals surface area (Å²) in [6, 6.07) is 7.60. The Morgan fingerprint density at radius 1 is 1.38 bits per heavy atom. The summed E-state index contributed by atoms with van der Waals surface area (Å²) in [5.41, 5.74) is 7.14. The Morgan fingerprint density at radius 3 is 2.81 bits per heavy atom. The SMILES string of the molecule is NC(CCN1CCCC(C(F)(F)F)C1)c1cccc(Br)c1. The predicted octanol–water partition coefficient (Wildman–Crippen LogP) is 4.11. The van der Waals surface area contributed by atoms with Crippen LogP contribution in [-0.4, -0.2) is 30.7 Å². The lowest BCUT2D eigenvalue weighted by Gasteiger charge is -2.34. The fourth-order valence-corrected chi connectivity index (χ4v) is 3.17. The van der Waals surface area contributed by atoms with E-state index in [2.05, 4.69) is 15.9 Å². The highest BCUT2D eigenvalue weighted by Gasteiger charge is 2.41. The molecule has 0 aliphatic carbocycles. The summed E-state index contributed by atoms with van der Waals surface area (Å²) in [5, 5.41) is 0. The zero-order valence-corrected chi connectivity index (χ0v) is 13.3. The third-order valence-corrected chi connectivity index (χ3v) is 4.49. The van der Waals surface area contributed by atoms with Crippen LogP contribution in [0.15, 0.2) is 28.7 Å². The number of nitrogens with two attached hydrogens (primary N) is 1. The van der Waals surface area contributed by atoms with Crippen LogP contribution < -0.4 is 5.73 Å². The maximum atomic E-state index is 12.8. The Kier molecular flexibility index (Phi) is 5.68. The smallest absolute Gasteiger partial charge is 0.324 e. The lowest BCUT2D eigenvalue weighted by Crippen LogP contribution is -2.42. The maximum Gasteiger partial charge on any atom is 0.393 e. The molecule has 1 saturated heterocycles. The van der Waals surface area contributed by atoms with Crippen molar-refractivity contribution >= 4 is 15.9 Å². The van der Waals surface area contributed by atoms with Gasteiger partial charge in [0, 0.05) is 17.1 Å². The van der Waals surface area contributed by atoms with Crippen LogP contribution in [0.5, 0.6) is 0 Å². The van der Waals surface area contributed by atoms with Gasteiger partial charge in [-0.1, -0.05) is 28.1 Å².